The van der Waals surface area contributed by atoms with Crippen molar-refractivity contribution in [1.82, 2.24) is 5.32 Å². The Morgan fingerprint density at radius 3 is 2.95 bits per heavy atom. The maximum atomic E-state index is 11.9. The minimum atomic E-state index is -0.136. The molecule has 2 rings (SSSR count). The summed E-state index contributed by atoms with van der Waals surface area (Å²) in [5.41, 5.74) is 0.976. The zero-order valence-electron chi connectivity index (χ0n) is 11.7. The zero-order chi connectivity index (χ0) is 15.1. The Kier molecular flexibility index (Phi) is 6.18. The molecule has 0 spiro atoms. The van der Waals surface area contributed by atoms with Gasteiger partial charge in [0.15, 0.2) is 0 Å². The summed E-state index contributed by atoms with van der Waals surface area (Å²) in [6.45, 7) is 2.36. The van der Waals surface area contributed by atoms with Gasteiger partial charge in [0.05, 0.1) is 30.4 Å². The monoisotopic (exact) mass is 351 g/mol. The molecule has 1 aliphatic rings. The van der Waals surface area contributed by atoms with Crippen LogP contribution in [0.2, 0.25) is 0 Å². The number of halogens is 1. The van der Waals surface area contributed by atoms with Gasteiger partial charge in [0.1, 0.15) is 6.07 Å². The van der Waals surface area contributed by atoms with E-state index in [1.807, 2.05) is 0 Å². The van der Waals surface area contributed by atoms with Gasteiger partial charge in [-0.2, -0.15) is 5.26 Å². The molecule has 0 radical (unpaired) electrons. The highest BCUT2D eigenvalue weighted by molar-refractivity contribution is 9.10. The average Bonchev–Trinajstić information content (AvgIpc) is 2.50. The standard InChI is InChI=1S/C15H18BrN3O2/c16-12-1-2-14(11(9-12)10-17)19-15(20)5-8-21-13-3-6-18-7-4-13/h1-2,9,13,18H,3-8H2,(H,19,20). The molecule has 2 N–H and O–H groups in total. The highest BCUT2D eigenvalue weighted by atomic mass is 79.9. The number of nitriles is 1. The minimum absolute atomic E-state index is 0.136. The molecule has 1 aliphatic heterocycles. The van der Waals surface area contributed by atoms with Crippen molar-refractivity contribution in [2.45, 2.75) is 25.4 Å². The quantitative estimate of drug-likeness (QED) is 0.854. The summed E-state index contributed by atoms with van der Waals surface area (Å²) in [4.78, 5) is 11.9. The zero-order valence-corrected chi connectivity index (χ0v) is 13.3. The Labute approximate surface area is 132 Å². The number of ether oxygens (including phenoxy) is 1. The van der Waals surface area contributed by atoms with E-state index in [1.54, 1.807) is 18.2 Å². The second-order valence-corrected chi connectivity index (χ2v) is 5.84. The first-order chi connectivity index (χ1) is 10.2. The molecule has 1 fully saturated rings. The fourth-order valence-electron chi connectivity index (χ4n) is 2.21. The predicted molar refractivity (Wildman–Crippen MR) is 83.9 cm³/mol. The normalized spacial score (nSPS) is 15.4. The molecule has 0 aliphatic carbocycles. The summed E-state index contributed by atoms with van der Waals surface area (Å²) >= 11 is 3.30. The number of hydrogen-bond acceptors (Lipinski definition) is 4. The molecule has 1 heterocycles. The van der Waals surface area contributed by atoms with Crippen LogP contribution in [-0.2, 0) is 9.53 Å². The molecule has 0 bridgehead atoms. The van der Waals surface area contributed by atoms with E-state index < -0.39 is 0 Å². The first kappa shape index (κ1) is 16.0. The lowest BCUT2D eigenvalue weighted by atomic mass is 10.1. The Bertz CT molecular complexity index is 536. The third-order valence-corrected chi connectivity index (χ3v) is 3.84. The molecule has 6 heteroatoms. The van der Waals surface area contributed by atoms with Crippen molar-refractivity contribution < 1.29 is 9.53 Å². The van der Waals surface area contributed by atoms with Crippen LogP contribution in [0.1, 0.15) is 24.8 Å². The van der Waals surface area contributed by atoms with Gasteiger partial charge >= 0.3 is 0 Å². The number of nitrogens with zero attached hydrogens (tertiary/aromatic N) is 1. The number of rotatable bonds is 5. The molecule has 0 unspecified atom stereocenters. The molecule has 112 valence electrons. The summed E-state index contributed by atoms with van der Waals surface area (Å²) < 4.78 is 6.51. The fraction of sp³-hybridized carbons (Fsp3) is 0.467. The summed E-state index contributed by atoms with van der Waals surface area (Å²) in [7, 11) is 0. The highest BCUT2D eigenvalue weighted by Gasteiger charge is 2.14. The van der Waals surface area contributed by atoms with Crippen molar-refractivity contribution in [1.29, 1.82) is 5.26 Å². The molecule has 0 saturated carbocycles. The summed E-state index contributed by atoms with van der Waals surface area (Å²) in [6.07, 6.45) is 2.53. The number of benzene rings is 1. The Balaban J connectivity index is 1.78. The number of carbonyl (C=O) groups is 1. The third kappa shape index (κ3) is 5.12. The van der Waals surface area contributed by atoms with Gasteiger partial charge in [-0.15, -0.1) is 0 Å². The number of anilines is 1. The fourth-order valence-corrected chi connectivity index (χ4v) is 2.57. The summed E-state index contributed by atoms with van der Waals surface area (Å²) in [5, 5.41) is 15.1. The van der Waals surface area contributed by atoms with Crippen LogP contribution < -0.4 is 10.6 Å². The van der Waals surface area contributed by atoms with Crippen LogP contribution >= 0.6 is 15.9 Å². The van der Waals surface area contributed by atoms with Crippen molar-refractivity contribution in [3.05, 3.63) is 28.2 Å². The van der Waals surface area contributed by atoms with Gasteiger partial charge in [-0.3, -0.25) is 4.79 Å². The van der Waals surface area contributed by atoms with Crippen LogP contribution in [0.4, 0.5) is 5.69 Å². The van der Waals surface area contributed by atoms with E-state index in [4.69, 9.17) is 10.00 Å². The van der Waals surface area contributed by atoms with Crippen LogP contribution in [0.3, 0.4) is 0 Å². The highest BCUT2D eigenvalue weighted by Crippen LogP contribution is 2.20. The Morgan fingerprint density at radius 2 is 2.24 bits per heavy atom. The molecule has 1 aromatic rings. The molecule has 1 amide bonds. The molecule has 1 aromatic carbocycles. The van der Waals surface area contributed by atoms with Crippen molar-refractivity contribution in [2.75, 3.05) is 25.0 Å². The van der Waals surface area contributed by atoms with Gasteiger partial charge in [0, 0.05) is 4.47 Å². The number of nitrogens with one attached hydrogen (secondary N) is 2. The molecule has 0 aromatic heterocycles. The number of amides is 1. The molecule has 0 atom stereocenters. The van der Waals surface area contributed by atoms with E-state index in [0.717, 1.165) is 30.4 Å². The average molecular weight is 352 g/mol. The summed E-state index contributed by atoms with van der Waals surface area (Å²) in [6, 6.07) is 7.26. The van der Waals surface area contributed by atoms with Gasteiger partial charge in [-0.1, -0.05) is 15.9 Å². The minimum Gasteiger partial charge on any atom is -0.378 e. The van der Waals surface area contributed by atoms with Crippen LogP contribution in [0, 0.1) is 11.3 Å². The SMILES string of the molecule is N#Cc1cc(Br)ccc1NC(=O)CCOC1CCNCC1. The van der Waals surface area contributed by atoms with Crippen molar-refractivity contribution in [3.8, 4) is 6.07 Å². The number of piperidine rings is 1. The first-order valence-electron chi connectivity index (χ1n) is 7.01. The molecule has 5 nitrogen and oxygen atoms in total. The number of hydrogen-bond donors (Lipinski definition) is 2. The van der Waals surface area contributed by atoms with Gasteiger partial charge in [0.2, 0.25) is 5.91 Å². The van der Waals surface area contributed by atoms with Gasteiger partial charge in [-0.25, -0.2) is 0 Å². The molecule has 21 heavy (non-hydrogen) atoms. The van der Waals surface area contributed by atoms with E-state index >= 15 is 0 Å². The smallest absolute Gasteiger partial charge is 0.226 e. The second kappa shape index (κ2) is 8.13. The van der Waals surface area contributed by atoms with Crippen LogP contribution in [0.15, 0.2) is 22.7 Å². The lowest BCUT2D eigenvalue weighted by Gasteiger charge is -2.22. The first-order valence-corrected chi connectivity index (χ1v) is 7.80. The maximum absolute atomic E-state index is 11.9. The molecule has 1 saturated heterocycles. The molecular formula is C15H18BrN3O2. The van der Waals surface area contributed by atoms with Gasteiger partial charge in [-0.05, 0) is 44.1 Å². The van der Waals surface area contributed by atoms with E-state index in [9.17, 15) is 4.79 Å². The van der Waals surface area contributed by atoms with Gasteiger partial charge < -0.3 is 15.4 Å². The topological polar surface area (TPSA) is 74.2 Å². The van der Waals surface area contributed by atoms with Crippen LogP contribution in [-0.4, -0.2) is 31.7 Å². The summed E-state index contributed by atoms with van der Waals surface area (Å²) in [5.74, 6) is -0.136. The van der Waals surface area contributed by atoms with Crippen molar-refractivity contribution in [3.63, 3.8) is 0 Å². The lowest BCUT2D eigenvalue weighted by molar-refractivity contribution is -0.117. The van der Waals surface area contributed by atoms with E-state index in [-0.39, 0.29) is 12.0 Å². The third-order valence-electron chi connectivity index (χ3n) is 3.35. The van der Waals surface area contributed by atoms with Gasteiger partial charge in [0.25, 0.3) is 0 Å². The van der Waals surface area contributed by atoms with Crippen molar-refractivity contribution in [2.24, 2.45) is 0 Å². The van der Waals surface area contributed by atoms with E-state index in [0.29, 0.717) is 24.3 Å². The predicted octanol–water partition coefficient (Wildman–Crippen LogP) is 2.42. The number of carbonyl (C=O) groups excluding carboxylic acids is 1. The van der Waals surface area contributed by atoms with E-state index in [2.05, 4.69) is 32.6 Å². The molecular weight excluding hydrogens is 334 g/mol. The largest absolute Gasteiger partial charge is 0.378 e. The second-order valence-electron chi connectivity index (χ2n) is 4.92. The van der Waals surface area contributed by atoms with Crippen LogP contribution in [0.5, 0.6) is 0 Å². The Morgan fingerprint density at radius 1 is 1.48 bits per heavy atom. The van der Waals surface area contributed by atoms with Crippen molar-refractivity contribution >= 4 is 27.5 Å². The van der Waals surface area contributed by atoms with E-state index in [1.165, 1.54) is 0 Å². The lowest BCUT2D eigenvalue weighted by Crippen LogP contribution is -2.33. The Hall–Kier alpha value is -1.42. The van der Waals surface area contributed by atoms with Crippen LogP contribution in [0.25, 0.3) is 0 Å². The maximum Gasteiger partial charge on any atom is 0.226 e.